The van der Waals surface area contributed by atoms with E-state index in [-0.39, 0.29) is 0 Å². The van der Waals surface area contributed by atoms with Crippen molar-refractivity contribution >= 4 is 16.5 Å². The van der Waals surface area contributed by atoms with E-state index in [1.165, 1.54) is 35.8 Å². The SMILES string of the molecule is c1cc(NC2CC3CC2CN3)c2ccncc2c1. The molecule has 0 amide bonds. The third kappa shape index (κ3) is 1.58. The maximum Gasteiger partial charge on any atom is 0.0423 e. The molecule has 1 aromatic carbocycles. The minimum absolute atomic E-state index is 0.634. The monoisotopic (exact) mass is 239 g/mol. The van der Waals surface area contributed by atoms with Crippen molar-refractivity contribution in [3.8, 4) is 0 Å². The summed E-state index contributed by atoms with van der Waals surface area (Å²) in [4.78, 5) is 4.19. The molecule has 0 radical (unpaired) electrons. The van der Waals surface area contributed by atoms with E-state index in [1.54, 1.807) is 0 Å². The van der Waals surface area contributed by atoms with Gasteiger partial charge >= 0.3 is 0 Å². The fourth-order valence-corrected chi connectivity index (χ4v) is 3.46. The van der Waals surface area contributed by atoms with Crippen molar-refractivity contribution in [2.24, 2.45) is 5.92 Å². The summed E-state index contributed by atoms with van der Waals surface area (Å²) in [6, 6.07) is 9.89. The summed E-state index contributed by atoms with van der Waals surface area (Å²) >= 11 is 0. The van der Waals surface area contributed by atoms with Gasteiger partial charge in [-0.3, -0.25) is 4.98 Å². The van der Waals surface area contributed by atoms with Gasteiger partial charge in [0, 0.05) is 47.5 Å². The molecule has 3 atom stereocenters. The van der Waals surface area contributed by atoms with E-state index in [0.717, 1.165) is 12.0 Å². The highest BCUT2D eigenvalue weighted by Crippen LogP contribution is 2.34. The normalized spacial score (nSPS) is 29.9. The van der Waals surface area contributed by atoms with Crippen LogP contribution >= 0.6 is 0 Å². The first-order valence-corrected chi connectivity index (χ1v) is 6.73. The molecule has 2 heterocycles. The number of fused-ring (bicyclic) bond motifs is 3. The lowest BCUT2D eigenvalue weighted by Gasteiger charge is -2.25. The lowest BCUT2D eigenvalue weighted by atomic mass is 10.0. The molecule has 3 nitrogen and oxygen atoms in total. The third-order valence-corrected chi connectivity index (χ3v) is 4.39. The molecule has 3 heteroatoms. The van der Waals surface area contributed by atoms with Gasteiger partial charge in [0.25, 0.3) is 0 Å². The topological polar surface area (TPSA) is 37.0 Å². The van der Waals surface area contributed by atoms with Gasteiger partial charge in [0.05, 0.1) is 0 Å². The number of nitrogens with zero attached hydrogens (tertiary/aromatic N) is 1. The number of hydrogen-bond acceptors (Lipinski definition) is 3. The number of nitrogens with one attached hydrogen (secondary N) is 2. The van der Waals surface area contributed by atoms with Crippen molar-refractivity contribution in [2.75, 3.05) is 11.9 Å². The van der Waals surface area contributed by atoms with Crippen LogP contribution in [-0.2, 0) is 0 Å². The molecule has 92 valence electrons. The Morgan fingerprint density at radius 1 is 1.22 bits per heavy atom. The molecule has 2 N–H and O–H groups in total. The molecule has 1 aliphatic carbocycles. The molecular weight excluding hydrogens is 222 g/mol. The summed E-state index contributed by atoms with van der Waals surface area (Å²) < 4.78 is 0. The minimum Gasteiger partial charge on any atom is -0.381 e. The molecular formula is C15H17N3. The van der Waals surface area contributed by atoms with Gasteiger partial charge < -0.3 is 10.6 Å². The van der Waals surface area contributed by atoms with Crippen LogP contribution in [0.2, 0.25) is 0 Å². The van der Waals surface area contributed by atoms with E-state index in [9.17, 15) is 0 Å². The summed E-state index contributed by atoms with van der Waals surface area (Å²) in [5.74, 6) is 0.798. The second kappa shape index (κ2) is 3.95. The number of benzene rings is 1. The summed E-state index contributed by atoms with van der Waals surface area (Å²) in [6.45, 7) is 1.18. The number of aromatic nitrogens is 1. The van der Waals surface area contributed by atoms with Crippen molar-refractivity contribution in [3.63, 3.8) is 0 Å². The number of anilines is 1. The Bertz CT molecular complexity index is 575. The summed E-state index contributed by atoms with van der Waals surface area (Å²) in [6.07, 6.45) is 6.40. The van der Waals surface area contributed by atoms with Crippen LogP contribution in [0, 0.1) is 5.92 Å². The van der Waals surface area contributed by atoms with Crippen molar-refractivity contribution in [3.05, 3.63) is 36.7 Å². The van der Waals surface area contributed by atoms with Gasteiger partial charge in [0.2, 0.25) is 0 Å². The van der Waals surface area contributed by atoms with Gasteiger partial charge in [-0.15, -0.1) is 0 Å². The van der Waals surface area contributed by atoms with Gasteiger partial charge in [-0.05, 0) is 30.9 Å². The van der Waals surface area contributed by atoms with E-state index in [1.807, 2.05) is 12.4 Å². The van der Waals surface area contributed by atoms with Crippen LogP contribution in [0.25, 0.3) is 10.8 Å². The maximum atomic E-state index is 4.19. The predicted octanol–water partition coefficient (Wildman–Crippen LogP) is 2.40. The fourth-order valence-electron chi connectivity index (χ4n) is 3.46. The number of piperidine rings is 1. The minimum atomic E-state index is 0.634. The Balaban J connectivity index is 1.67. The zero-order chi connectivity index (χ0) is 11.9. The van der Waals surface area contributed by atoms with Crippen LogP contribution in [0.15, 0.2) is 36.7 Å². The third-order valence-electron chi connectivity index (χ3n) is 4.39. The summed E-state index contributed by atoms with van der Waals surface area (Å²) in [5, 5.41) is 9.80. The quantitative estimate of drug-likeness (QED) is 0.845. The molecule has 2 aromatic rings. The summed E-state index contributed by atoms with van der Waals surface area (Å²) in [7, 11) is 0. The lowest BCUT2D eigenvalue weighted by Crippen LogP contribution is -2.36. The molecule has 1 saturated heterocycles. The van der Waals surface area contributed by atoms with E-state index in [4.69, 9.17) is 0 Å². The molecule has 1 aliphatic heterocycles. The van der Waals surface area contributed by atoms with Crippen molar-refractivity contribution in [1.29, 1.82) is 0 Å². The van der Waals surface area contributed by atoms with Crippen molar-refractivity contribution < 1.29 is 0 Å². The predicted molar refractivity (Wildman–Crippen MR) is 73.7 cm³/mol. The number of rotatable bonds is 2. The van der Waals surface area contributed by atoms with Crippen molar-refractivity contribution in [2.45, 2.75) is 24.9 Å². The Labute approximate surface area is 107 Å². The molecule has 2 fully saturated rings. The Hall–Kier alpha value is -1.61. The Morgan fingerprint density at radius 3 is 3.06 bits per heavy atom. The highest BCUT2D eigenvalue weighted by molar-refractivity contribution is 5.93. The van der Waals surface area contributed by atoms with Crippen molar-refractivity contribution in [1.82, 2.24) is 10.3 Å². The highest BCUT2D eigenvalue weighted by atomic mass is 15.1. The largest absolute Gasteiger partial charge is 0.381 e. The van der Waals surface area contributed by atoms with E-state index >= 15 is 0 Å². The van der Waals surface area contributed by atoms with Crippen LogP contribution < -0.4 is 10.6 Å². The first kappa shape index (κ1) is 10.3. The number of hydrogen-bond donors (Lipinski definition) is 2. The van der Waals surface area contributed by atoms with Gasteiger partial charge in [-0.25, -0.2) is 0 Å². The second-order valence-corrected chi connectivity index (χ2v) is 5.49. The smallest absolute Gasteiger partial charge is 0.0423 e. The molecule has 2 aliphatic rings. The first-order chi connectivity index (χ1) is 8.90. The number of pyridine rings is 1. The average Bonchev–Trinajstić information content (AvgIpc) is 3.01. The Kier molecular flexibility index (Phi) is 2.27. The molecule has 18 heavy (non-hydrogen) atoms. The maximum absolute atomic E-state index is 4.19. The van der Waals surface area contributed by atoms with E-state index < -0.39 is 0 Å². The lowest BCUT2D eigenvalue weighted by molar-refractivity contribution is 0.461. The average molecular weight is 239 g/mol. The molecule has 2 bridgehead atoms. The van der Waals surface area contributed by atoms with Crippen LogP contribution in [0.4, 0.5) is 5.69 Å². The second-order valence-electron chi connectivity index (χ2n) is 5.49. The van der Waals surface area contributed by atoms with Gasteiger partial charge in [0.15, 0.2) is 0 Å². The van der Waals surface area contributed by atoms with E-state index in [2.05, 4.69) is 39.9 Å². The van der Waals surface area contributed by atoms with Gasteiger partial charge in [-0.2, -0.15) is 0 Å². The first-order valence-electron chi connectivity index (χ1n) is 6.73. The summed E-state index contributed by atoms with van der Waals surface area (Å²) in [5.41, 5.74) is 1.26. The van der Waals surface area contributed by atoms with Crippen LogP contribution in [0.1, 0.15) is 12.8 Å². The molecule has 1 aromatic heterocycles. The molecule has 4 rings (SSSR count). The zero-order valence-electron chi connectivity index (χ0n) is 10.3. The zero-order valence-corrected chi connectivity index (χ0v) is 10.3. The molecule has 1 saturated carbocycles. The van der Waals surface area contributed by atoms with E-state index in [0.29, 0.717) is 6.04 Å². The standard InChI is InChI=1S/C15H17N3/c1-2-10-8-16-5-4-13(10)14(3-1)18-15-7-12-6-11(15)9-17-12/h1-5,8,11-12,15,17-18H,6-7,9H2. The van der Waals surface area contributed by atoms with Crippen LogP contribution in [0.5, 0.6) is 0 Å². The Morgan fingerprint density at radius 2 is 2.22 bits per heavy atom. The van der Waals surface area contributed by atoms with Gasteiger partial charge in [0.1, 0.15) is 0 Å². The fraction of sp³-hybridized carbons (Fsp3) is 0.400. The highest BCUT2D eigenvalue weighted by Gasteiger charge is 2.39. The van der Waals surface area contributed by atoms with Crippen LogP contribution in [-0.4, -0.2) is 23.6 Å². The molecule has 0 spiro atoms. The van der Waals surface area contributed by atoms with Crippen LogP contribution in [0.3, 0.4) is 0 Å². The molecule has 3 unspecified atom stereocenters. The van der Waals surface area contributed by atoms with Gasteiger partial charge in [-0.1, -0.05) is 12.1 Å².